The molecule has 0 amide bonds. The van der Waals surface area contributed by atoms with Crippen LogP contribution < -0.4 is 5.32 Å². The number of rotatable bonds is 4. The van der Waals surface area contributed by atoms with Crippen LogP contribution in [0.15, 0.2) is 21.1 Å². The van der Waals surface area contributed by atoms with Gasteiger partial charge in [-0.25, -0.2) is 0 Å². The van der Waals surface area contributed by atoms with E-state index in [-0.39, 0.29) is 11.9 Å². The molecule has 0 spiro atoms. The first-order valence-corrected chi connectivity index (χ1v) is 7.72. The van der Waals surface area contributed by atoms with Crippen LogP contribution in [0.4, 0.5) is 0 Å². The van der Waals surface area contributed by atoms with Gasteiger partial charge >= 0.3 is 0 Å². The van der Waals surface area contributed by atoms with Gasteiger partial charge < -0.3 is 15.5 Å². The average molecular weight is 379 g/mol. The van der Waals surface area contributed by atoms with Crippen molar-refractivity contribution in [3.05, 3.63) is 26.6 Å². The van der Waals surface area contributed by atoms with Crippen LogP contribution in [0.25, 0.3) is 0 Å². The molecule has 2 unspecified atom stereocenters. The van der Waals surface area contributed by atoms with Crippen molar-refractivity contribution in [1.29, 1.82) is 0 Å². The lowest BCUT2D eigenvalue weighted by molar-refractivity contribution is 0.131. The first-order valence-electron chi connectivity index (χ1n) is 6.13. The third-order valence-electron chi connectivity index (χ3n) is 3.43. The molecule has 1 aromatic carbocycles. The molecular weight excluding hydrogens is 362 g/mol. The van der Waals surface area contributed by atoms with Crippen molar-refractivity contribution in [1.82, 2.24) is 5.32 Å². The lowest BCUT2D eigenvalue weighted by atomic mass is 10.1. The summed E-state index contributed by atoms with van der Waals surface area (Å²) in [6.45, 7) is 1.58. The summed E-state index contributed by atoms with van der Waals surface area (Å²) in [6, 6.07) is 3.80. The summed E-state index contributed by atoms with van der Waals surface area (Å²) in [5, 5.41) is 22.7. The van der Waals surface area contributed by atoms with Crippen molar-refractivity contribution in [2.24, 2.45) is 5.92 Å². The van der Waals surface area contributed by atoms with Crippen molar-refractivity contribution in [2.45, 2.75) is 31.9 Å². The van der Waals surface area contributed by atoms with Crippen LogP contribution in [-0.2, 0) is 6.54 Å². The standard InChI is InChI=1S/C13H17Br2NO2/c14-10-4-8(5-11(15)13(10)18)6-16-7-9-2-1-3-12(9)17/h4-5,9,12,16-18H,1-3,6-7H2. The van der Waals surface area contributed by atoms with Gasteiger partial charge in [-0.3, -0.25) is 0 Å². The van der Waals surface area contributed by atoms with E-state index in [1.54, 1.807) is 0 Å². The first-order chi connectivity index (χ1) is 8.58. The van der Waals surface area contributed by atoms with Crippen LogP contribution in [-0.4, -0.2) is 22.9 Å². The van der Waals surface area contributed by atoms with Crippen molar-refractivity contribution >= 4 is 31.9 Å². The van der Waals surface area contributed by atoms with Gasteiger partial charge in [-0.15, -0.1) is 0 Å². The highest BCUT2D eigenvalue weighted by Gasteiger charge is 2.24. The Labute approximate surface area is 124 Å². The number of aliphatic hydroxyl groups is 1. The lowest BCUT2D eigenvalue weighted by Crippen LogP contribution is -2.27. The Bertz CT molecular complexity index is 402. The Balaban J connectivity index is 1.87. The van der Waals surface area contributed by atoms with E-state index in [9.17, 15) is 10.2 Å². The smallest absolute Gasteiger partial charge is 0.143 e. The highest BCUT2D eigenvalue weighted by molar-refractivity contribution is 9.11. The second-order valence-electron chi connectivity index (χ2n) is 4.80. The molecule has 1 fully saturated rings. The van der Waals surface area contributed by atoms with Crippen LogP contribution in [0, 0.1) is 5.92 Å². The number of hydrogen-bond donors (Lipinski definition) is 3. The molecule has 1 aliphatic rings. The van der Waals surface area contributed by atoms with Gasteiger partial charge in [-0.1, -0.05) is 6.42 Å². The molecule has 18 heavy (non-hydrogen) atoms. The molecule has 0 radical (unpaired) electrons. The quantitative estimate of drug-likeness (QED) is 0.754. The van der Waals surface area contributed by atoms with E-state index in [0.29, 0.717) is 14.9 Å². The van der Waals surface area contributed by atoms with Crippen LogP contribution in [0.5, 0.6) is 5.75 Å². The molecule has 3 N–H and O–H groups in total. The van der Waals surface area contributed by atoms with Crippen molar-refractivity contribution in [3.63, 3.8) is 0 Å². The van der Waals surface area contributed by atoms with Gasteiger partial charge in [0.05, 0.1) is 15.0 Å². The largest absolute Gasteiger partial charge is 0.506 e. The molecule has 3 nitrogen and oxygen atoms in total. The van der Waals surface area contributed by atoms with Gasteiger partial charge in [0, 0.05) is 13.1 Å². The average Bonchev–Trinajstić information content (AvgIpc) is 2.72. The van der Waals surface area contributed by atoms with Crippen LogP contribution in [0.3, 0.4) is 0 Å². The lowest BCUT2D eigenvalue weighted by Gasteiger charge is -2.15. The summed E-state index contributed by atoms with van der Waals surface area (Å²) in [5.74, 6) is 0.610. The molecule has 1 aromatic rings. The summed E-state index contributed by atoms with van der Waals surface area (Å²) < 4.78 is 1.38. The van der Waals surface area contributed by atoms with Crippen molar-refractivity contribution < 1.29 is 10.2 Å². The fourth-order valence-electron chi connectivity index (χ4n) is 2.38. The van der Waals surface area contributed by atoms with E-state index < -0.39 is 0 Å². The zero-order valence-electron chi connectivity index (χ0n) is 10.00. The maximum absolute atomic E-state index is 9.72. The molecule has 1 aliphatic carbocycles. The fourth-order valence-corrected chi connectivity index (χ4v) is 3.66. The van der Waals surface area contributed by atoms with Crippen LogP contribution in [0.2, 0.25) is 0 Å². The number of phenols is 1. The maximum Gasteiger partial charge on any atom is 0.143 e. The highest BCUT2D eigenvalue weighted by Crippen LogP contribution is 2.33. The summed E-state index contributed by atoms with van der Waals surface area (Å²) in [5.41, 5.74) is 1.10. The summed E-state index contributed by atoms with van der Waals surface area (Å²) in [4.78, 5) is 0. The molecule has 0 heterocycles. The van der Waals surface area contributed by atoms with Gasteiger partial charge in [0.2, 0.25) is 0 Å². The highest BCUT2D eigenvalue weighted by atomic mass is 79.9. The van der Waals surface area contributed by atoms with E-state index in [0.717, 1.165) is 37.9 Å². The van der Waals surface area contributed by atoms with E-state index in [2.05, 4.69) is 37.2 Å². The van der Waals surface area contributed by atoms with Gasteiger partial charge in [0.15, 0.2) is 0 Å². The van der Waals surface area contributed by atoms with E-state index >= 15 is 0 Å². The number of benzene rings is 1. The Morgan fingerprint density at radius 1 is 1.22 bits per heavy atom. The minimum Gasteiger partial charge on any atom is -0.506 e. The zero-order chi connectivity index (χ0) is 13.1. The zero-order valence-corrected chi connectivity index (χ0v) is 13.2. The minimum absolute atomic E-state index is 0.143. The number of phenolic OH excluding ortho intramolecular Hbond substituents is 1. The molecule has 100 valence electrons. The van der Waals surface area contributed by atoms with E-state index in [1.165, 1.54) is 0 Å². The second kappa shape index (κ2) is 6.37. The molecule has 2 atom stereocenters. The molecule has 2 rings (SSSR count). The third-order valence-corrected chi connectivity index (χ3v) is 4.64. The predicted molar refractivity (Wildman–Crippen MR) is 78.6 cm³/mol. The SMILES string of the molecule is Oc1c(Br)cc(CNCC2CCCC2O)cc1Br. The minimum atomic E-state index is -0.143. The topological polar surface area (TPSA) is 52.5 Å². The maximum atomic E-state index is 9.72. The predicted octanol–water partition coefficient (Wildman–Crippen LogP) is 3.17. The summed E-state index contributed by atoms with van der Waals surface area (Å²) >= 11 is 6.63. The Hall–Kier alpha value is -0.100. The molecule has 0 aliphatic heterocycles. The van der Waals surface area contributed by atoms with Crippen molar-refractivity contribution in [3.8, 4) is 5.75 Å². The number of aromatic hydroxyl groups is 1. The monoisotopic (exact) mass is 377 g/mol. The van der Waals surface area contributed by atoms with E-state index in [4.69, 9.17) is 0 Å². The Morgan fingerprint density at radius 3 is 2.44 bits per heavy atom. The molecule has 0 aromatic heterocycles. The van der Waals surface area contributed by atoms with Gasteiger partial charge in [0.25, 0.3) is 0 Å². The summed E-state index contributed by atoms with van der Waals surface area (Å²) in [6.07, 6.45) is 3.03. The van der Waals surface area contributed by atoms with Gasteiger partial charge in [-0.2, -0.15) is 0 Å². The normalized spacial score (nSPS) is 23.5. The first kappa shape index (κ1) is 14.3. The number of nitrogens with one attached hydrogen (secondary N) is 1. The third kappa shape index (κ3) is 3.47. The molecule has 0 bridgehead atoms. The van der Waals surface area contributed by atoms with Gasteiger partial charge in [-0.05, 0) is 68.3 Å². The number of aliphatic hydroxyl groups excluding tert-OH is 1. The fraction of sp³-hybridized carbons (Fsp3) is 0.538. The van der Waals surface area contributed by atoms with Crippen molar-refractivity contribution in [2.75, 3.05) is 6.54 Å². The number of halogens is 2. The molecule has 5 heteroatoms. The summed E-state index contributed by atoms with van der Waals surface area (Å²) in [7, 11) is 0. The molecule has 0 saturated heterocycles. The van der Waals surface area contributed by atoms with Crippen LogP contribution in [0.1, 0.15) is 24.8 Å². The molecule has 1 saturated carbocycles. The number of hydrogen-bond acceptors (Lipinski definition) is 3. The Kier molecular flexibility index (Phi) is 5.06. The van der Waals surface area contributed by atoms with Crippen LogP contribution >= 0.6 is 31.9 Å². The second-order valence-corrected chi connectivity index (χ2v) is 6.51. The van der Waals surface area contributed by atoms with Gasteiger partial charge in [0.1, 0.15) is 5.75 Å². The molecular formula is C13H17Br2NO2. The Morgan fingerprint density at radius 2 is 1.89 bits per heavy atom. The van der Waals surface area contributed by atoms with E-state index in [1.807, 2.05) is 12.1 Å².